The Morgan fingerprint density at radius 3 is 1.43 bits per heavy atom. The zero-order valence-electron chi connectivity index (χ0n) is 12.6. The quantitative estimate of drug-likeness (QED) is 0.756. The summed E-state index contributed by atoms with van der Waals surface area (Å²) in [6.45, 7) is 3.66. The summed E-state index contributed by atoms with van der Waals surface area (Å²) < 4.78 is 26.7. The normalized spacial score (nSPS) is 8.78. The molecule has 8 nitrogen and oxygen atoms in total. The topological polar surface area (TPSA) is 144 Å². The molecule has 125 valence electrons. The van der Waals surface area contributed by atoms with Crippen molar-refractivity contribution in [3.8, 4) is 11.5 Å². The van der Waals surface area contributed by atoms with Crippen LogP contribution < -0.4 is 10.9 Å². The predicted octanol–water partition coefficient (Wildman–Crippen LogP) is 0.864. The maximum absolute atomic E-state index is 9.05. The predicted molar refractivity (Wildman–Crippen MR) is 71.0 cm³/mol. The Morgan fingerprint density at radius 2 is 1.22 bits per heavy atom. The monoisotopic (exact) mass is 365 g/mol. The van der Waals surface area contributed by atoms with Crippen molar-refractivity contribution in [3.63, 3.8) is 0 Å². The van der Waals surface area contributed by atoms with Gasteiger partial charge in [0.2, 0.25) is 0 Å². The van der Waals surface area contributed by atoms with Gasteiger partial charge in [-0.2, -0.15) is 0 Å². The number of hydrogen-bond donors (Lipinski definition) is 2. The molecule has 0 unspecified atom stereocenters. The third-order valence-corrected chi connectivity index (χ3v) is 2.53. The summed E-state index contributed by atoms with van der Waals surface area (Å²) in [5.41, 5.74) is -0.272. The van der Waals surface area contributed by atoms with E-state index in [-0.39, 0.29) is 22.4 Å². The van der Waals surface area contributed by atoms with Crippen molar-refractivity contribution >= 4 is 0 Å². The molecule has 2 heterocycles. The van der Waals surface area contributed by atoms with Crippen molar-refractivity contribution in [1.82, 2.24) is 0 Å². The molecule has 0 aliphatic rings. The fraction of sp³-hybridized carbons (Fsp3) is 0.286. The summed E-state index contributed by atoms with van der Waals surface area (Å²) in [6.07, 6.45) is 3.82. The molecule has 0 saturated carbocycles. The van der Waals surface area contributed by atoms with Crippen LogP contribution in [0, 0.1) is 0 Å². The Morgan fingerprint density at radius 1 is 0.913 bits per heavy atom. The van der Waals surface area contributed by atoms with Crippen LogP contribution >= 0.6 is 0 Å². The first kappa shape index (κ1) is 20.7. The minimum atomic E-state index is -1.81. The van der Waals surface area contributed by atoms with Crippen LogP contribution in [-0.2, 0) is 36.4 Å². The van der Waals surface area contributed by atoms with Crippen molar-refractivity contribution in [2.75, 3.05) is 0 Å². The van der Waals surface area contributed by atoms with Gasteiger partial charge >= 0.3 is 34.4 Å². The Labute approximate surface area is 137 Å². The van der Waals surface area contributed by atoms with Crippen LogP contribution in [0.25, 0.3) is 0 Å². The zero-order valence-corrected chi connectivity index (χ0v) is 14.0. The van der Waals surface area contributed by atoms with E-state index in [1.54, 1.807) is 0 Å². The molecule has 2 aromatic heterocycles. The van der Waals surface area contributed by atoms with Gasteiger partial charge in [-0.1, -0.05) is 13.8 Å². The first-order chi connectivity index (χ1) is 10.9. The van der Waals surface area contributed by atoms with Gasteiger partial charge in [0.05, 0.1) is 12.1 Å². The summed E-state index contributed by atoms with van der Waals surface area (Å²) in [7, 11) is 0. The molecule has 23 heavy (non-hydrogen) atoms. The molecule has 0 amide bonds. The SMILES string of the molecule is CCc1occc(=[OH+])c1O.CCc1occc(=[OH+])c1O.[O]=[V]=[O]. The van der Waals surface area contributed by atoms with Gasteiger partial charge in [-0.05, 0) is 0 Å². The molecular formula is C14H18O8V+2. The van der Waals surface area contributed by atoms with E-state index >= 15 is 0 Å². The standard InChI is InChI=1S/2C7H8O3.2O.V/c2*1-2-6-7(9)5(8)3-4-10-6;;;/h2*3-4,9H,2H2,1H3;;;/p+2. The average Bonchev–Trinajstić information content (AvgIpc) is 2.54. The first-order valence-electron chi connectivity index (χ1n) is 6.50. The van der Waals surface area contributed by atoms with Gasteiger partial charge in [0.1, 0.15) is 12.5 Å². The fourth-order valence-corrected chi connectivity index (χ4v) is 1.42. The van der Waals surface area contributed by atoms with Crippen LogP contribution in [0.15, 0.2) is 33.5 Å². The van der Waals surface area contributed by atoms with Crippen LogP contribution in [0.1, 0.15) is 25.4 Å². The van der Waals surface area contributed by atoms with Crippen molar-refractivity contribution in [2.24, 2.45) is 0 Å². The van der Waals surface area contributed by atoms with Crippen LogP contribution in [0.2, 0.25) is 0 Å². The van der Waals surface area contributed by atoms with Gasteiger partial charge in [0.15, 0.2) is 11.5 Å². The second-order valence-corrected chi connectivity index (χ2v) is 4.17. The Kier molecular flexibility index (Phi) is 10.1. The molecule has 9 heteroatoms. The van der Waals surface area contributed by atoms with Gasteiger partial charge < -0.3 is 19.0 Å². The molecule has 0 bridgehead atoms. The Hall–Kier alpha value is -2.32. The molecule has 0 spiro atoms. The minimum absolute atomic E-state index is 0.136. The van der Waals surface area contributed by atoms with E-state index in [0.717, 1.165) is 0 Å². The molecule has 0 aliphatic heterocycles. The van der Waals surface area contributed by atoms with Crippen LogP contribution in [0.4, 0.5) is 0 Å². The maximum atomic E-state index is 9.05. The molecule has 0 fully saturated rings. The average molecular weight is 365 g/mol. The second-order valence-electron chi connectivity index (χ2n) is 3.94. The van der Waals surface area contributed by atoms with Crippen molar-refractivity contribution < 1.29 is 52.2 Å². The van der Waals surface area contributed by atoms with Gasteiger partial charge in [-0.25, -0.2) is 0 Å². The van der Waals surface area contributed by atoms with E-state index in [0.29, 0.717) is 24.4 Å². The van der Waals surface area contributed by atoms with E-state index in [2.05, 4.69) is 0 Å². The summed E-state index contributed by atoms with van der Waals surface area (Å²) in [5, 5.41) is 18.1. The molecule has 0 saturated heterocycles. The second kappa shape index (κ2) is 11.3. The molecule has 0 radical (unpaired) electrons. The molecular weight excluding hydrogens is 347 g/mol. The number of rotatable bonds is 2. The zero-order chi connectivity index (χ0) is 17.8. The third-order valence-electron chi connectivity index (χ3n) is 2.53. The number of hydrogen-bond acceptors (Lipinski definition) is 6. The Balaban J connectivity index is 0.000000360. The third kappa shape index (κ3) is 6.99. The van der Waals surface area contributed by atoms with Gasteiger partial charge in [0, 0.05) is 12.8 Å². The van der Waals surface area contributed by atoms with Gasteiger partial charge in [-0.15, -0.1) is 0 Å². The van der Waals surface area contributed by atoms with Gasteiger partial charge in [0.25, 0.3) is 11.5 Å². The molecule has 0 aliphatic carbocycles. The number of aromatic hydroxyl groups is 2. The molecule has 2 rings (SSSR count). The van der Waals surface area contributed by atoms with Crippen LogP contribution in [-0.4, -0.2) is 19.8 Å². The summed E-state index contributed by atoms with van der Waals surface area (Å²) in [6, 6.07) is 2.60. The first-order valence-corrected chi connectivity index (χ1v) is 7.64. The molecule has 4 N–H and O–H groups in total. The summed E-state index contributed by atoms with van der Waals surface area (Å²) in [4.78, 5) is 17.8. The van der Waals surface area contributed by atoms with E-state index in [1.165, 1.54) is 24.7 Å². The van der Waals surface area contributed by atoms with Crippen molar-refractivity contribution in [3.05, 3.63) is 47.0 Å². The van der Waals surface area contributed by atoms with E-state index < -0.39 is 16.2 Å². The summed E-state index contributed by atoms with van der Waals surface area (Å²) in [5.74, 6) is 0.481. The number of aryl methyl sites for hydroxylation is 2. The molecule has 0 aromatic carbocycles. The van der Waals surface area contributed by atoms with Crippen molar-refractivity contribution in [1.29, 1.82) is 0 Å². The van der Waals surface area contributed by atoms with Crippen LogP contribution in [0.3, 0.4) is 0 Å². The molecule has 2 aromatic rings. The van der Waals surface area contributed by atoms with Crippen LogP contribution in [0.5, 0.6) is 11.5 Å². The van der Waals surface area contributed by atoms with Crippen molar-refractivity contribution in [2.45, 2.75) is 26.7 Å². The van der Waals surface area contributed by atoms with Gasteiger partial charge in [-0.3, -0.25) is 9.59 Å². The molecule has 0 atom stereocenters. The van der Waals surface area contributed by atoms with E-state index in [4.69, 9.17) is 36.0 Å². The summed E-state index contributed by atoms with van der Waals surface area (Å²) >= 11 is -1.81. The van der Waals surface area contributed by atoms with E-state index in [1.807, 2.05) is 13.8 Å². The fourth-order valence-electron chi connectivity index (χ4n) is 1.42. The Bertz CT molecular complexity index is 696. The van der Waals surface area contributed by atoms with E-state index in [9.17, 15) is 0 Å².